The molecule has 1 saturated heterocycles. The third-order valence-corrected chi connectivity index (χ3v) is 6.28. The van der Waals surface area contributed by atoms with Crippen LogP contribution in [0.15, 0.2) is 48.7 Å². The Morgan fingerprint density at radius 3 is 2.77 bits per heavy atom. The van der Waals surface area contributed by atoms with Crippen LogP contribution >= 0.6 is 0 Å². The molecule has 2 aromatic heterocycles. The Labute approximate surface area is 181 Å². The average molecular weight is 419 g/mol. The van der Waals surface area contributed by atoms with Gasteiger partial charge in [-0.1, -0.05) is 36.4 Å². The first-order chi connectivity index (χ1) is 15.2. The number of hydrogen-bond donors (Lipinski definition) is 1. The fourth-order valence-electron chi connectivity index (χ4n) is 4.74. The van der Waals surface area contributed by atoms with Gasteiger partial charge in [0.2, 0.25) is 11.7 Å². The van der Waals surface area contributed by atoms with E-state index in [2.05, 4.69) is 31.5 Å². The van der Waals surface area contributed by atoms with Crippen LogP contribution in [0.2, 0.25) is 0 Å². The minimum absolute atomic E-state index is 0.170. The largest absolute Gasteiger partial charge is 0.481 e. The van der Waals surface area contributed by atoms with Gasteiger partial charge in [-0.15, -0.1) is 10.2 Å². The van der Waals surface area contributed by atoms with Crippen LogP contribution in [0.4, 0.5) is 0 Å². The predicted octanol–water partition coefficient (Wildman–Crippen LogP) is 1.92. The van der Waals surface area contributed by atoms with Crippen molar-refractivity contribution in [2.75, 3.05) is 20.2 Å². The number of pyridine rings is 1. The molecular formula is C23H26N6O2. The van der Waals surface area contributed by atoms with Crippen LogP contribution in [0.5, 0.6) is 5.88 Å². The summed E-state index contributed by atoms with van der Waals surface area (Å²) in [5.41, 5.74) is 2.16. The Morgan fingerprint density at radius 2 is 1.94 bits per heavy atom. The lowest BCUT2D eigenvalue weighted by atomic mass is 9.89. The first-order valence-electron chi connectivity index (χ1n) is 10.7. The molecule has 0 aliphatic carbocycles. The second-order valence-corrected chi connectivity index (χ2v) is 8.31. The van der Waals surface area contributed by atoms with E-state index < -0.39 is 0 Å². The number of nitrogens with one attached hydrogen (secondary N) is 1. The average Bonchev–Trinajstić information content (AvgIpc) is 3.39. The van der Waals surface area contributed by atoms with Gasteiger partial charge < -0.3 is 14.6 Å². The van der Waals surface area contributed by atoms with Crippen molar-refractivity contribution >= 4 is 5.91 Å². The number of aromatic nitrogens is 4. The van der Waals surface area contributed by atoms with Crippen LogP contribution in [-0.4, -0.2) is 50.8 Å². The molecule has 1 N–H and O–H groups in total. The van der Waals surface area contributed by atoms with Gasteiger partial charge in [0.15, 0.2) is 0 Å². The van der Waals surface area contributed by atoms with Crippen molar-refractivity contribution < 1.29 is 9.53 Å². The van der Waals surface area contributed by atoms with E-state index in [1.54, 1.807) is 13.3 Å². The molecule has 2 aliphatic heterocycles. The molecule has 2 aliphatic rings. The molecule has 0 radical (unpaired) electrons. The minimum atomic E-state index is -0.170. The van der Waals surface area contributed by atoms with Crippen molar-refractivity contribution in [1.82, 2.24) is 30.0 Å². The molecule has 1 aromatic carbocycles. The molecule has 8 heteroatoms. The maximum absolute atomic E-state index is 12.8. The van der Waals surface area contributed by atoms with E-state index in [4.69, 9.17) is 4.74 Å². The summed E-state index contributed by atoms with van der Waals surface area (Å²) in [6.45, 7) is 4.06. The minimum Gasteiger partial charge on any atom is -0.481 e. The molecule has 1 amide bonds. The number of hydrogen-bond acceptors (Lipinski definition) is 6. The van der Waals surface area contributed by atoms with Gasteiger partial charge in [-0.2, -0.15) is 0 Å². The van der Waals surface area contributed by atoms with Gasteiger partial charge in [0.05, 0.1) is 7.11 Å². The lowest BCUT2D eigenvalue weighted by Gasteiger charge is -2.25. The van der Waals surface area contributed by atoms with Gasteiger partial charge in [-0.25, -0.2) is 4.98 Å². The topological polar surface area (TPSA) is 85.2 Å². The lowest BCUT2D eigenvalue weighted by Crippen LogP contribution is -2.32. The summed E-state index contributed by atoms with van der Waals surface area (Å²) in [6, 6.07) is 13.9. The molecular weight excluding hydrogens is 392 g/mol. The van der Waals surface area contributed by atoms with Crippen LogP contribution in [-0.2, 0) is 26.1 Å². The van der Waals surface area contributed by atoms with Gasteiger partial charge in [0.1, 0.15) is 5.82 Å². The zero-order chi connectivity index (χ0) is 21.2. The summed E-state index contributed by atoms with van der Waals surface area (Å²) >= 11 is 0. The van der Waals surface area contributed by atoms with Crippen LogP contribution in [0, 0.1) is 11.8 Å². The number of methoxy groups -OCH3 is 1. The summed E-state index contributed by atoms with van der Waals surface area (Å²) < 4.78 is 7.41. The van der Waals surface area contributed by atoms with Gasteiger partial charge in [0.25, 0.3) is 5.91 Å². The SMILES string of the molecule is COc1ncccc1CN1C[C@@H]2Cn3c(nnc3C(=O)NCc3ccccc3)C[C@H]2C1. The number of likely N-dealkylation sites (tertiary alicyclic amines) is 1. The van der Waals surface area contributed by atoms with E-state index in [-0.39, 0.29) is 5.91 Å². The van der Waals surface area contributed by atoms with E-state index in [1.807, 2.05) is 41.0 Å². The zero-order valence-electron chi connectivity index (χ0n) is 17.6. The highest BCUT2D eigenvalue weighted by Crippen LogP contribution is 2.33. The molecule has 160 valence electrons. The molecule has 31 heavy (non-hydrogen) atoms. The maximum atomic E-state index is 12.8. The van der Waals surface area contributed by atoms with E-state index in [0.717, 1.165) is 49.6 Å². The van der Waals surface area contributed by atoms with Crippen LogP contribution < -0.4 is 10.1 Å². The highest BCUT2D eigenvalue weighted by Gasteiger charge is 2.39. The third-order valence-electron chi connectivity index (χ3n) is 6.28. The predicted molar refractivity (Wildman–Crippen MR) is 114 cm³/mol. The van der Waals surface area contributed by atoms with E-state index in [1.165, 1.54) is 0 Å². The lowest BCUT2D eigenvalue weighted by molar-refractivity contribution is 0.0932. The number of fused-ring (bicyclic) bond motifs is 2. The highest BCUT2D eigenvalue weighted by molar-refractivity contribution is 5.90. The smallest absolute Gasteiger partial charge is 0.289 e. The second-order valence-electron chi connectivity index (χ2n) is 8.31. The number of carbonyl (C=O) groups excluding carboxylic acids is 1. The first-order valence-corrected chi connectivity index (χ1v) is 10.7. The summed E-state index contributed by atoms with van der Waals surface area (Å²) in [6.07, 6.45) is 2.60. The fraction of sp³-hybridized carbons (Fsp3) is 0.391. The second kappa shape index (κ2) is 8.47. The number of nitrogens with zero attached hydrogens (tertiary/aromatic N) is 5. The molecule has 1 fully saturated rings. The number of carbonyl (C=O) groups is 1. The standard InChI is InChI=1S/C23H26N6O2/c1-31-23-17(8-5-9-24-23)12-28-13-18-10-20-26-27-21(29(20)15-19(18)14-28)22(30)25-11-16-6-3-2-4-7-16/h2-9,18-19H,10-15H2,1H3,(H,25,30)/t18-,19+/m0/s1. The van der Waals surface area contributed by atoms with Gasteiger partial charge in [-0.05, 0) is 23.5 Å². The number of ether oxygens (including phenoxy) is 1. The Hall–Kier alpha value is -3.26. The number of amides is 1. The van der Waals surface area contributed by atoms with Crippen molar-refractivity contribution in [3.63, 3.8) is 0 Å². The Bertz CT molecular complexity index is 1070. The van der Waals surface area contributed by atoms with E-state index >= 15 is 0 Å². The number of rotatable bonds is 6. The quantitative estimate of drug-likeness (QED) is 0.658. The van der Waals surface area contributed by atoms with E-state index in [0.29, 0.717) is 30.1 Å². The maximum Gasteiger partial charge on any atom is 0.289 e. The molecule has 3 aromatic rings. The Balaban J connectivity index is 1.24. The van der Waals surface area contributed by atoms with Crippen molar-refractivity contribution in [1.29, 1.82) is 0 Å². The Kier molecular flexibility index (Phi) is 5.38. The Morgan fingerprint density at radius 1 is 1.10 bits per heavy atom. The molecule has 0 spiro atoms. The molecule has 2 atom stereocenters. The van der Waals surface area contributed by atoms with Crippen LogP contribution in [0.1, 0.15) is 27.6 Å². The summed E-state index contributed by atoms with van der Waals surface area (Å²) in [7, 11) is 1.66. The summed E-state index contributed by atoms with van der Waals surface area (Å²) in [5, 5.41) is 11.5. The van der Waals surface area contributed by atoms with Crippen molar-refractivity contribution in [2.45, 2.75) is 26.1 Å². The molecule has 0 bridgehead atoms. The fourth-order valence-corrected chi connectivity index (χ4v) is 4.74. The first kappa shape index (κ1) is 19.7. The number of benzene rings is 1. The molecule has 5 rings (SSSR count). The molecule has 8 nitrogen and oxygen atoms in total. The van der Waals surface area contributed by atoms with Gasteiger partial charge in [0, 0.05) is 50.9 Å². The van der Waals surface area contributed by atoms with Gasteiger partial charge >= 0.3 is 0 Å². The summed E-state index contributed by atoms with van der Waals surface area (Å²) in [4.78, 5) is 19.5. The monoisotopic (exact) mass is 418 g/mol. The summed E-state index contributed by atoms with van der Waals surface area (Å²) in [5.74, 6) is 2.85. The molecule has 4 heterocycles. The van der Waals surface area contributed by atoms with Crippen LogP contribution in [0.25, 0.3) is 0 Å². The highest BCUT2D eigenvalue weighted by atomic mass is 16.5. The molecule has 0 unspecified atom stereocenters. The van der Waals surface area contributed by atoms with E-state index in [9.17, 15) is 4.79 Å². The third kappa shape index (κ3) is 4.03. The molecule has 0 saturated carbocycles. The van der Waals surface area contributed by atoms with Crippen molar-refractivity contribution in [3.05, 3.63) is 71.4 Å². The van der Waals surface area contributed by atoms with Crippen LogP contribution in [0.3, 0.4) is 0 Å². The zero-order valence-corrected chi connectivity index (χ0v) is 17.6. The van der Waals surface area contributed by atoms with Crippen molar-refractivity contribution in [3.8, 4) is 5.88 Å². The normalized spacial score (nSPS) is 20.2. The van der Waals surface area contributed by atoms with Gasteiger partial charge in [-0.3, -0.25) is 9.69 Å². The van der Waals surface area contributed by atoms with Crippen molar-refractivity contribution in [2.24, 2.45) is 11.8 Å².